The van der Waals surface area contributed by atoms with Crippen LogP contribution >= 0.6 is 0 Å². The van der Waals surface area contributed by atoms with Gasteiger partial charge in [0.2, 0.25) is 10.0 Å². The zero-order chi connectivity index (χ0) is 20.0. The molecule has 0 saturated carbocycles. The lowest BCUT2D eigenvalue weighted by Gasteiger charge is -2.09. The first-order valence-electron chi connectivity index (χ1n) is 8.45. The summed E-state index contributed by atoms with van der Waals surface area (Å²) in [5, 5.41) is 2.79. The maximum absolute atomic E-state index is 13.2. The molecule has 6 nitrogen and oxygen atoms in total. The van der Waals surface area contributed by atoms with Crippen molar-refractivity contribution >= 4 is 15.9 Å². The second-order valence-electron chi connectivity index (χ2n) is 6.02. The highest BCUT2D eigenvalue weighted by atomic mass is 32.2. The van der Waals surface area contributed by atoms with E-state index in [0.717, 1.165) is 17.2 Å². The molecule has 3 rings (SSSR count). The van der Waals surface area contributed by atoms with Gasteiger partial charge in [-0.05, 0) is 41.5 Å². The number of benzene rings is 2. The molecule has 0 radical (unpaired) electrons. The van der Waals surface area contributed by atoms with Gasteiger partial charge in [-0.25, -0.2) is 17.5 Å². The second-order valence-corrected chi connectivity index (χ2v) is 7.79. The van der Waals surface area contributed by atoms with E-state index < -0.39 is 15.8 Å². The number of hydrogen-bond donors (Lipinski definition) is 2. The van der Waals surface area contributed by atoms with Crippen LogP contribution in [-0.4, -0.2) is 19.3 Å². The fourth-order valence-corrected chi connectivity index (χ4v) is 3.50. The van der Waals surface area contributed by atoms with E-state index in [1.807, 2.05) is 0 Å². The Morgan fingerprint density at radius 3 is 2.32 bits per heavy atom. The third-order valence-electron chi connectivity index (χ3n) is 3.97. The molecule has 1 heterocycles. The summed E-state index contributed by atoms with van der Waals surface area (Å²) >= 11 is 0. The van der Waals surface area contributed by atoms with E-state index in [1.54, 1.807) is 42.6 Å². The standard InChI is InChI=1S/C20H18FN3O3S/c21-18-4-1-5-19(11-18)28(26,27)24-13-16-8-6-15(7-9-16)12-23-20(25)17-3-2-10-22-14-17/h1-11,14,24H,12-13H2,(H,23,25). The van der Waals surface area contributed by atoms with Gasteiger partial charge in [0, 0.05) is 25.5 Å². The summed E-state index contributed by atoms with van der Waals surface area (Å²) in [6.45, 7) is 0.407. The van der Waals surface area contributed by atoms with Crippen molar-refractivity contribution in [3.8, 4) is 0 Å². The number of amides is 1. The van der Waals surface area contributed by atoms with Crippen molar-refractivity contribution in [2.24, 2.45) is 0 Å². The molecule has 0 saturated heterocycles. The third kappa shape index (κ3) is 5.21. The minimum Gasteiger partial charge on any atom is -0.348 e. The first kappa shape index (κ1) is 19.7. The van der Waals surface area contributed by atoms with Crippen molar-refractivity contribution in [3.05, 3.63) is 95.6 Å². The smallest absolute Gasteiger partial charge is 0.253 e. The molecule has 2 aromatic carbocycles. The van der Waals surface area contributed by atoms with E-state index >= 15 is 0 Å². The summed E-state index contributed by atoms with van der Waals surface area (Å²) in [4.78, 5) is 15.8. The van der Waals surface area contributed by atoms with Crippen molar-refractivity contribution in [1.82, 2.24) is 15.0 Å². The zero-order valence-electron chi connectivity index (χ0n) is 14.8. The van der Waals surface area contributed by atoms with Gasteiger partial charge in [-0.15, -0.1) is 0 Å². The molecule has 0 fully saturated rings. The van der Waals surface area contributed by atoms with Crippen LogP contribution in [0.5, 0.6) is 0 Å². The number of nitrogens with zero attached hydrogens (tertiary/aromatic N) is 1. The number of hydrogen-bond acceptors (Lipinski definition) is 4. The van der Waals surface area contributed by atoms with Crippen molar-refractivity contribution in [1.29, 1.82) is 0 Å². The maximum atomic E-state index is 13.2. The van der Waals surface area contributed by atoms with Crippen LogP contribution in [0.2, 0.25) is 0 Å². The highest BCUT2D eigenvalue weighted by Crippen LogP contribution is 2.12. The minimum absolute atomic E-state index is 0.0706. The molecule has 1 amide bonds. The second kappa shape index (κ2) is 8.73. The minimum atomic E-state index is -3.80. The molecule has 2 N–H and O–H groups in total. The van der Waals surface area contributed by atoms with Gasteiger partial charge in [-0.2, -0.15) is 0 Å². The van der Waals surface area contributed by atoms with Gasteiger partial charge >= 0.3 is 0 Å². The zero-order valence-corrected chi connectivity index (χ0v) is 15.6. The third-order valence-corrected chi connectivity index (χ3v) is 5.37. The predicted molar refractivity (Wildman–Crippen MR) is 102 cm³/mol. The number of rotatable bonds is 7. The molecule has 0 aliphatic rings. The van der Waals surface area contributed by atoms with Gasteiger partial charge in [0.15, 0.2) is 0 Å². The summed E-state index contributed by atoms with van der Waals surface area (Å²) < 4.78 is 40.1. The SMILES string of the molecule is O=C(NCc1ccc(CNS(=O)(=O)c2cccc(F)c2)cc1)c1cccnc1. The molecule has 8 heteroatoms. The number of pyridine rings is 1. The van der Waals surface area contributed by atoms with Crippen LogP contribution in [-0.2, 0) is 23.1 Å². The number of carbonyl (C=O) groups is 1. The van der Waals surface area contributed by atoms with E-state index in [1.165, 1.54) is 24.4 Å². The summed E-state index contributed by atoms with van der Waals surface area (Å²) in [6.07, 6.45) is 3.08. The fraction of sp³-hybridized carbons (Fsp3) is 0.100. The van der Waals surface area contributed by atoms with Crippen molar-refractivity contribution in [3.63, 3.8) is 0 Å². The molecule has 1 aromatic heterocycles. The molecule has 0 unspecified atom stereocenters. The van der Waals surface area contributed by atoms with Crippen molar-refractivity contribution in [2.75, 3.05) is 0 Å². The average Bonchev–Trinajstić information content (AvgIpc) is 2.72. The lowest BCUT2D eigenvalue weighted by atomic mass is 10.1. The molecule has 0 bridgehead atoms. The van der Waals surface area contributed by atoms with Crippen LogP contribution in [0.3, 0.4) is 0 Å². The lowest BCUT2D eigenvalue weighted by Crippen LogP contribution is -2.24. The molecule has 0 aliphatic carbocycles. The Kier molecular flexibility index (Phi) is 6.13. The lowest BCUT2D eigenvalue weighted by molar-refractivity contribution is 0.0950. The van der Waals surface area contributed by atoms with Crippen LogP contribution in [0.4, 0.5) is 4.39 Å². The fourth-order valence-electron chi connectivity index (χ4n) is 2.45. The van der Waals surface area contributed by atoms with E-state index in [4.69, 9.17) is 0 Å². The maximum Gasteiger partial charge on any atom is 0.253 e. The molecule has 144 valence electrons. The average molecular weight is 399 g/mol. The van der Waals surface area contributed by atoms with Crippen LogP contribution in [0.1, 0.15) is 21.5 Å². The topological polar surface area (TPSA) is 88.2 Å². The van der Waals surface area contributed by atoms with E-state index in [-0.39, 0.29) is 17.3 Å². The number of halogens is 1. The van der Waals surface area contributed by atoms with Crippen molar-refractivity contribution < 1.29 is 17.6 Å². The Labute approximate surface area is 162 Å². The quantitative estimate of drug-likeness (QED) is 0.639. The first-order valence-corrected chi connectivity index (χ1v) is 9.94. The molecule has 0 aliphatic heterocycles. The predicted octanol–water partition coefficient (Wildman–Crippen LogP) is 2.63. The Bertz CT molecular complexity index is 1060. The Hall–Kier alpha value is -3.10. The molecule has 0 spiro atoms. The summed E-state index contributed by atoms with van der Waals surface area (Å²) in [5.41, 5.74) is 2.09. The summed E-state index contributed by atoms with van der Waals surface area (Å²) in [5.74, 6) is -0.833. The Balaban J connectivity index is 1.55. The summed E-state index contributed by atoms with van der Waals surface area (Å²) in [6, 6.07) is 15.3. The molecular weight excluding hydrogens is 381 g/mol. The number of nitrogens with one attached hydrogen (secondary N) is 2. The summed E-state index contributed by atoms with van der Waals surface area (Å²) in [7, 11) is -3.80. The number of sulfonamides is 1. The van der Waals surface area contributed by atoms with Gasteiger partial charge in [0.1, 0.15) is 5.82 Å². The van der Waals surface area contributed by atoms with Gasteiger partial charge in [0.05, 0.1) is 10.5 Å². The highest BCUT2D eigenvalue weighted by Gasteiger charge is 2.14. The van der Waals surface area contributed by atoms with Crippen LogP contribution in [0.25, 0.3) is 0 Å². The molecule has 0 atom stereocenters. The first-order chi connectivity index (χ1) is 13.4. The number of aromatic nitrogens is 1. The largest absolute Gasteiger partial charge is 0.348 e. The highest BCUT2D eigenvalue weighted by molar-refractivity contribution is 7.89. The molecule has 28 heavy (non-hydrogen) atoms. The van der Waals surface area contributed by atoms with Crippen LogP contribution < -0.4 is 10.0 Å². The monoisotopic (exact) mass is 399 g/mol. The van der Waals surface area contributed by atoms with Crippen molar-refractivity contribution in [2.45, 2.75) is 18.0 Å². The van der Waals surface area contributed by atoms with E-state index in [2.05, 4.69) is 15.0 Å². The van der Waals surface area contributed by atoms with E-state index in [9.17, 15) is 17.6 Å². The molecular formula is C20H18FN3O3S. The van der Waals surface area contributed by atoms with Crippen LogP contribution in [0.15, 0.2) is 78.0 Å². The molecule has 3 aromatic rings. The van der Waals surface area contributed by atoms with Gasteiger partial charge in [-0.3, -0.25) is 9.78 Å². The van der Waals surface area contributed by atoms with Gasteiger partial charge in [-0.1, -0.05) is 30.3 Å². The normalized spacial score (nSPS) is 11.2. The van der Waals surface area contributed by atoms with E-state index in [0.29, 0.717) is 12.1 Å². The number of carbonyl (C=O) groups excluding carboxylic acids is 1. The van der Waals surface area contributed by atoms with Gasteiger partial charge < -0.3 is 5.32 Å². The Morgan fingerprint density at radius 2 is 1.68 bits per heavy atom. The van der Waals surface area contributed by atoms with Crippen LogP contribution in [0, 0.1) is 5.82 Å². The van der Waals surface area contributed by atoms with Gasteiger partial charge in [0.25, 0.3) is 5.91 Å². The Morgan fingerprint density at radius 1 is 0.964 bits per heavy atom.